The minimum atomic E-state index is -4.17. The van der Waals surface area contributed by atoms with Gasteiger partial charge in [-0.3, -0.25) is 14.5 Å². The fourth-order valence-electron chi connectivity index (χ4n) is 2.17. The van der Waals surface area contributed by atoms with Crippen molar-refractivity contribution >= 4 is 46.9 Å². The van der Waals surface area contributed by atoms with Gasteiger partial charge in [-0.15, -0.1) is 0 Å². The third kappa shape index (κ3) is 7.27. The van der Waals surface area contributed by atoms with E-state index in [1.54, 1.807) is 29.5 Å². The molecule has 148 valence electrons. The van der Waals surface area contributed by atoms with Gasteiger partial charge < -0.3 is 0 Å². The van der Waals surface area contributed by atoms with Gasteiger partial charge in [-0.1, -0.05) is 17.7 Å². The van der Waals surface area contributed by atoms with E-state index in [1.807, 2.05) is 12.1 Å². The van der Waals surface area contributed by atoms with Crippen molar-refractivity contribution in [1.82, 2.24) is 14.8 Å². The number of alkyl halides is 3. The summed E-state index contributed by atoms with van der Waals surface area (Å²) in [4.78, 5) is 16.5. The molecule has 1 amide bonds. The highest BCUT2D eigenvalue weighted by Crippen LogP contribution is 2.30. The molecule has 0 N–H and O–H groups in total. The van der Waals surface area contributed by atoms with Crippen molar-refractivity contribution in [2.45, 2.75) is 25.6 Å². The number of hydrogen-bond donors (Lipinski definition) is 0. The molecule has 0 fully saturated rings. The second-order valence-electron chi connectivity index (χ2n) is 5.46. The van der Waals surface area contributed by atoms with Gasteiger partial charge in [-0.2, -0.15) is 30.0 Å². The lowest BCUT2D eigenvalue weighted by atomic mass is 10.3. The summed E-state index contributed by atoms with van der Waals surface area (Å²) < 4.78 is 39.4. The van der Waals surface area contributed by atoms with Crippen LogP contribution in [0.2, 0.25) is 5.15 Å². The Labute approximate surface area is 168 Å². The zero-order chi connectivity index (χ0) is 19.9. The number of thioether (sulfide) groups is 1. The van der Waals surface area contributed by atoms with Gasteiger partial charge in [-0.05, 0) is 23.6 Å². The lowest BCUT2D eigenvalue weighted by Crippen LogP contribution is -2.23. The molecule has 0 aliphatic heterocycles. The normalized spacial score (nSPS) is 11.6. The van der Waals surface area contributed by atoms with Crippen LogP contribution in [-0.4, -0.2) is 44.6 Å². The Kier molecular flexibility index (Phi) is 8.30. The van der Waals surface area contributed by atoms with E-state index in [0.717, 1.165) is 17.3 Å². The van der Waals surface area contributed by atoms with E-state index in [9.17, 15) is 18.0 Å². The molecule has 0 atom stereocenters. The lowest BCUT2D eigenvalue weighted by molar-refractivity contribution is -0.129. The SMILES string of the molecule is CSN(C(=O)CCSCCC(F)(F)F)c1cn(Cc2cccnc2)nc1Cl. The zero-order valence-corrected chi connectivity index (χ0v) is 16.8. The molecule has 0 aliphatic rings. The molecule has 2 aromatic rings. The van der Waals surface area contributed by atoms with Gasteiger partial charge in [0.05, 0.1) is 19.2 Å². The fraction of sp³-hybridized carbons (Fsp3) is 0.438. The van der Waals surface area contributed by atoms with Crippen molar-refractivity contribution in [3.8, 4) is 0 Å². The maximum absolute atomic E-state index is 12.4. The van der Waals surface area contributed by atoms with Crippen LogP contribution in [0.5, 0.6) is 0 Å². The Bertz CT molecular complexity index is 743. The number of aromatic nitrogens is 3. The van der Waals surface area contributed by atoms with Crippen molar-refractivity contribution in [2.75, 3.05) is 22.1 Å². The highest BCUT2D eigenvalue weighted by molar-refractivity contribution is 8.00. The Morgan fingerprint density at radius 1 is 1.37 bits per heavy atom. The summed E-state index contributed by atoms with van der Waals surface area (Å²) >= 11 is 8.46. The van der Waals surface area contributed by atoms with Crippen LogP contribution in [0.4, 0.5) is 18.9 Å². The lowest BCUT2D eigenvalue weighted by Gasteiger charge is -2.17. The first kappa shape index (κ1) is 21.9. The standard InChI is InChI=1S/C16H18ClF3N4OS2/c1-26-24(14(25)4-7-27-8-5-16(18,19)20)13-11-23(22-15(13)17)10-12-3-2-6-21-9-12/h2-3,6,9,11H,4-5,7-8,10H2,1H3. The molecule has 0 unspecified atom stereocenters. The first-order valence-electron chi connectivity index (χ1n) is 7.93. The average Bonchev–Trinajstić information content (AvgIpc) is 2.95. The maximum Gasteiger partial charge on any atom is 0.389 e. The van der Waals surface area contributed by atoms with Crippen LogP contribution in [0.25, 0.3) is 0 Å². The van der Waals surface area contributed by atoms with E-state index >= 15 is 0 Å². The van der Waals surface area contributed by atoms with Crippen molar-refractivity contribution in [2.24, 2.45) is 0 Å². The zero-order valence-electron chi connectivity index (χ0n) is 14.4. The number of carbonyl (C=O) groups is 1. The second kappa shape index (κ2) is 10.2. The summed E-state index contributed by atoms with van der Waals surface area (Å²) in [6, 6.07) is 3.72. The van der Waals surface area contributed by atoms with Gasteiger partial charge in [-0.25, -0.2) is 4.31 Å². The molecule has 0 saturated heterocycles. The first-order valence-corrected chi connectivity index (χ1v) is 10.6. The highest BCUT2D eigenvalue weighted by atomic mass is 35.5. The number of hydrogen-bond acceptors (Lipinski definition) is 5. The van der Waals surface area contributed by atoms with Crippen LogP contribution < -0.4 is 4.31 Å². The molecule has 0 spiro atoms. The van der Waals surface area contributed by atoms with E-state index < -0.39 is 12.6 Å². The van der Waals surface area contributed by atoms with E-state index in [2.05, 4.69) is 10.1 Å². The van der Waals surface area contributed by atoms with Crippen LogP contribution in [0.15, 0.2) is 30.7 Å². The first-order chi connectivity index (χ1) is 12.8. The van der Waals surface area contributed by atoms with Gasteiger partial charge in [0.1, 0.15) is 5.69 Å². The summed E-state index contributed by atoms with van der Waals surface area (Å²) in [7, 11) is 0. The van der Waals surface area contributed by atoms with E-state index in [-0.39, 0.29) is 23.2 Å². The van der Waals surface area contributed by atoms with E-state index in [1.165, 1.54) is 16.3 Å². The average molecular weight is 439 g/mol. The second-order valence-corrected chi connectivity index (χ2v) is 7.78. The minimum absolute atomic E-state index is 0.0557. The largest absolute Gasteiger partial charge is 0.389 e. The smallest absolute Gasteiger partial charge is 0.274 e. The molecule has 0 radical (unpaired) electrons. The van der Waals surface area contributed by atoms with Gasteiger partial charge >= 0.3 is 6.18 Å². The predicted molar refractivity (Wildman–Crippen MR) is 104 cm³/mol. The van der Waals surface area contributed by atoms with Crippen LogP contribution in [0, 0.1) is 0 Å². The van der Waals surface area contributed by atoms with Crippen molar-refractivity contribution in [3.63, 3.8) is 0 Å². The van der Waals surface area contributed by atoms with Crippen LogP contribution in [0.3, 0.4) is 0 Å². The highest BCUT2D eigenvalue weighted by Gasteiger charge is 2.26. The molecule has 0 saturated carbocycles. The molecular weight excluding hydrogens is 421 g/mol. The maximum atomic E-state index is 12.4. The molecule has 2 heterocycles. The molecule has 0 aromatic carbocycles. The molecule has 27 heavy (non-hydrogen) atoms. The Morgan fingerprint density at radius 3 is 2.78 bits per heavy atom. The molecule has 0 bridgehead atoms. The van der Waals surface area contributed by atoms with Crippen molar-refractivity contribution < 1.29 is 18.0 Å². The summed E-state index contributed by atoms with van der Waals surface area (Å²) in [5, 5.41) is 4.40. The molecule has 5 nitrogen and oxygen atoms in total. The Hall–Kier alpha value is -1.39. The Balaban J connectivity index is 1.93. The predicted octanol–water partition coefficient (Wildman–Crippen LogP) is 4.67. The number of amides is 1. The summed E-state index contributed by atoms with van der Waals surface area (Å²) in [6.45, 7) is 0.456. The van der Waals surface area contributed by atoms with Gasteiger partial charge in [0.2, 0.25) is 5.91 Å². The molecular formula is C16H18ClF3N4OS2. The van der Waals surface area contributed by atoms with Crippen molar-refractivity contribution in [3.05, 3.63) is 41.4 Å². The monoisotopic (exact) mass is 438 g/mol. The third-order valence-corrected chi connectivity index (χ3v) is 5.40. The van der Waals surface area contributed by atoms with Gasteiger partial charge in [0.25, 0.3) is 0 Å². The summed E-state index contributed by atoms with van der Waals surface area (Å²) in [5.41, 5.74) is 1.39. The molecule has 2 aromatic heterocycles. The number of rotatable bonds is 9. The number of carbonyl (C=O) groups excluding carboxylic acids is 1. The van der Waals surface area contributed by atoms with Crippen LogP contribution in [-0.2, 0) is 11.3 Å². The molecule has 2 rings (SSSR count). The molecule has 11 heteroatoms. The summed E-state index contributed by atoms with van der Waals surface area (Å²) in [6.07, 6.45) is 1.87. The quantitative estimate of drug-likeness (QED) is 0.420. The van der Waals surface area contributed by atoms with E-state index in [4.69, 9.17) is 11.6 Å². The third-order valence-electron chi connectivity index (χ3n) is 3.38. The number of nitrogens with zero attached hydrogens (tertiary/aromatic N) is 4. The van der Waals surface area contributed by atoms with Crippen LogP contribution in [0.1, 0.15) is 18.4 Å². The van der Waals surface area contributed by atoms with E-state index in [0.29, 0.717) is 18.0 Å². The number of anilines is 1. The molecule has 0 aliphatic carbocycles. The fourth-order valence-corrected chi connectivity index (χ4v) is 3.97. The van der Waals surface area contributed by atoms with Gasteiger partial charge in [0, 0.05) is 36.6 Å². The van der Waals surface area contributed by atoms with Crippen molar-refractivity contribution in [1.29, 1.82) is 0 Å². The number of pyridine rings is 1. The number of halogens is 4. The minimum Gasteiger partial charge on any atom is -0.274 e. The summed E-state index contributed by atoms with van der Waals surface area (Å²) in [5.74, 6) is 0.0256. The van der Waals surface area contributed by atoms with Crippen LogP contribution >= 0.6 is 35.3 Å². The Morgan fingerprint density at radius 2 is 2.15 bits per heavy atom. The van der Waals surface area contributed by atoms with Gasteiger partial charge in [0.15, 0.2) is 5.15 Å². The topological polar surface area (TPSA) is 51.0 Å².